The van der Waals surface area contributed by atoms with Crippen LogP contribution >= 0.6 is 11.3 Å². The molecule has 0 spiro atoms. The Hall–Kier alpha value is -2.01. The Morgan fingerprint density at radius 2 is 2.40 bits per heavy atom. The van der Waals surface area contributed by atoms with E-state index >= 15 is 0 Å². The number of ether oxygens (including phenoxy) is 1. The van der Waals surface area contributed by atoms with Crippen molar-refractivity contribution in [2.75, 3.05) is 30.3 Å². The van der Waals surface area contributed by atoms with E-state index in [4.69, 9.17) is 10.5 Å². The Morgan fingerprint density at radius 1 is 1.55 bits per heavy atom. The van der Waals surface area contributed by atoms with Crippen molar-refractivity contribution in [2.45, 2.75) is 6.92 Å². The van der Waals surface area contributed by atoms with Gasteiger partial charge in [-0.2, -0.15) is 0 Å². The maximum Gasteiger partial charge on any atom is 0.180 e. The fourth-order valence-corrected chi connectivity index (χ4v) is 2.91. The molecule has 4 nitrogen and oxygen atoms in total. The third-order valence-electron chi connectivity index (χ3n) is 3.20. The molecule has 1 aromatic carbocycles. The number of nitrogens with two attached hydrogens (primary N) is 1. The molecule has 2 aromatic rings. The Labute approximate surface area is 122 Å². The lowest BCUT2D eigenvalue weighted by Gasteiger charge is -2.31. The van der Waals surface area contributed by atoms with Crippen LogP contribution in [-0.2, 0) is 0 Å². The van der Waals surface area contributed by atoms with Gasteiger partial charge in [0.05, 0.1) is 17.9 Å². The molecule has 2 heterocycles. The number of nitrogens with zero attached hydrogens (tertiary/aromatic N) is 2. The molecule has 1 aliphatic rings. The number of benzene rings is 1. The number of thiazole rings is 1. The SMILES string of the molecule is C=C(C)CN1CCOc2ccc(-c3csc(N)n3)cc21. The number of aromatic nitrogens is 1. The molecule has 1 aliphatic heterocycles. The summed E-state index contributed by atoms with van der Waals surface area (Å²) in [6.07, 6.45) is 0. The second kappa shape index (κ2) is 5.17. The predicted molar refractivity (Wildman–Crippen MR) is 84.5 cm³/mol. The highest BCUT2D eigenvalue weighted by Gasteiger charge is 2.19. The molecule has 5 heteroatoms. The third kappa shape index (κ3) is 2.49. The molecule has 1 aromatic heterocycles. The first kappa shape index (κ1) is 13.0. The molecule has 0 atom stereocenters. The molecule has 0 amide bonds. The van der Waals surface area contributed by atoms with E-state index in [0.717, 1.165) is 41.4 Å². The summed E-state index contributed by atoms with van der Waals surface area (Å²) in [5.74, 6) is 0.921. The number of hydrogen-bond donors (Lipinski definition) is 1. The van der Waals surface area contributed by atoms with Crippen molar-refractivity contribution < 1.29 is 4.74 Å². The predicted octanol–water partition coefficient (Wildman–Crippen LogP) is 3.17. The lowest BCUT2D eigenvalue weighted by Crippen LogP contribution is -2.33. The van der Waals surface area contributed by atoms with Crippen molar-refractivity contribution in [1.29, 1.82) is 0 Å². The maximum atomic E-state index is 5.72. The summed E-state index contributed by atoms with van der Waals surface area (Å²) in [6, 6.07) is 6.15. The monoisotopic (exact) mass is 287 g/mol. The first-order valence-corrected chi connectivity index (χ1v) is 7.39. The largest absolute Gasteiger partial charge is 0.490 e. The van der Waals surface area contributed by atoms with Crippen LogP contribution in [0.1, 0.15) is 6.92 Å². The van der Waals surface area contributed by atoms with Crippen LogP contribution in [0.3, 0.4) is 0 Å². The molecule has 0 bridgehead atoms. The van der Waals surface area contributed by atoms with E-state index in [1.807, 2.05) is 24.4 Å². The zero-order valence-electron chi connectivity index (χ0n) is 11.4. The van der Waals surface area contributed by atoms with E-state index in [1.54, 1.807) is 0 Å². The second-order valence-electron chi connectivity index (χ2n) is 4.98. The van der Waals surface area contributed by atoms with Crippen molar-refractivity contribution in [1.82, 2.24) is 4.98 Å². The van der Waals surface area contributed by atoms with Crippen LogP contribution in [0.2, 0.25) is 0 Å². The second-order valence-corrected chi connectivity index (χ2v) is 5.87. The van der Waals surface area contributed by atoms with Crippen LogP contribution in [0.15, 0.2) is 35.7 Å². The molecule has 0 aliphatic carbocycles. The molecule has 0 saturated carbocycles. The van der Waals surface area contributed by atoms with Gasteiger partial charge in [0.2, 0.25) is 0 Å². The average molecular weight is 287 g/mol. The van der Waals surface area contributed by atoms with Crippen molar-refractivity contribution in [3.8, 4) is 17.0 Å². The summed E-state index contributed by atoms with van der Waals surface area (Å²) in [7, 11) is 0. The van der Waals surface area contributed by atoms with Gasteiger partial charge in [-0.1, -0.05) is 12.2 Å². The zero-order valence-corrected chi connectivity index (χ0v) is 12.2. The lowest BCUT2D eigenvalue weighted by molar-refractivity contribution is 0.309. The van der Waals surface area contributed by atoms with Crippen LogP contribution < -0.4 is 15.4 Å². The van der Waals surface area contributed by atoms with Gasteiger partial charge in [-0.25, -0.2) is 4.98 Å². The van der Waals surface area contributed by atoms with Crippen LogP contribution in [-0.4, -0.2) is 24.7 Å². The average Bonchev–Trinajstić information content (AvgIpc) is 2.85. The number of hydrogen-bond acceptors (Lipinski definition) is 5. The summed E-state index contributed by atoms with van der Waals surface area (Å²) >= 11 is 1.46. The van der Waals surface area contributed by atoms with Crippen LogP contribution in [0, 0.1) is 0 Å². The first-order valence-electron chi connectivity index (χ1n) is 6.51. The Kier molecular flexibility index (Phi) is 3.36. The van der Waals surface area contributed by atoms with Gasteiger partial charge in [0, 0.05) is 17.5 Å². The van der Waals surface area contributed by atoms with E-state index in [1.165, 1.54) is 11.3 Å². The highest BCUT2D eigenvalue weighted by molar-refractivity contribution is 7.13. The third-order valence-corrected chi connectivity index (χ3v) is 3.87. The summed E-state index contributed by atoms with van der Waals surface area (Å²) in [4.78, 5) is 6.63. The summed E-state index contributed by atoms with van der Waals surface area (Å²) in [6.45, 7) is 8.47. The maximum absolute atomic E-state index is 5.72. The van der Waals surface area contributed by atoms with Gasteiger partial charge in [-0.3, -0.25) is 0 Å². The van der Waals surface area contributed by atoms with Gasteiger partial charge in [-0.05, 0) is 25.1 Å². The number of anilines is 2. The summed E-state index contributed by atoms with van der Waals surface area (Å²) < 4.78 is 5.72. The fraction of sp³-hybridized carbons (Fsp3) is 0.267. The minimum Gasteiger partial charge on any atom is -0.490 e. The molecule has 2 N–H and O–H groups in total. The number of fused-ring (bicyclic) bond motifs is 1. The molecule has 0 saturated heterocycles. The molecule has 0 unspecified atom stereocenters. The van der Waals surface area contributed by atoms with Crippen LogP contribution in [0.4, 0.5) is 10.8 Å². The zero-order chi connectivity index (χ0) is 14.1. The topological polar surface area (TPSA) is 51.4 Å². The van der Waals surface area contributed by atoms with Gasteiger partial charge in [0.1, 0.15) is 12.4 Å². The normalized spacial score (nSPS) is 13.8. The van der Waals surface area contributed by atoms with Gasteiger partial charge in [-0.15, -0.1) is 11.3 Å². The highest BCUT2D eigenvalue weighted by atomic mass is 32.1. The number of nitrogen functional groups attached to an aromatic ring is 1. The van der Waals surface area contributed by atoms with Crippen molar-refractivity contribution >= 4 is 22.2 Å². The Bertz CT molecular complexity index is 650. The quantitative estimate of drug-likeness (QED) is 0.881. The molecule has 0 radical (unpaired) electrons. The van der Waals surface area contributed by atoms with E-state index in [9.17, 15) is 0 Å². The van der Waals surface area contributed by atoms with E-state index < -0.39 is 0 Å². The summed E-state index contributed by atoms with van der Waals surface area (Å²) in [5.41, 5.74) is 9.92. The smallest absolute Gasteiger partial charge is 0.180 e. The Morgan fingerprint density at radius 3 is 3.10 bits per heavy atom. The van der Waals surface area contributed by atoms with Crippen LogP contribution in [0.25, 0.3) is 11.3 Å². The molecular weight excluding hydrogens is 270 g/mol. The van der Waals surface area contributed by atoms with Crippen molar-refractivity contribution in [3.05, 3.63) is 35.7 Å². The highest BCUT2D eigenvalue weighted by Crippen LogP contribution is 2.36. The van der Waals surface area contributed by atoms with E-state index in [2.05, 4.69) is 22.5 Å². The van der Waals surface area contributed by atoms with Crippen molar-refractivity contribution in [3.63, 3.8) is 0 Å². The minimum atomic E-state index is 0.591. The minimum absolute atomic E-state index is 0.591. The van der Waals surface area contributed by atoms with Gasteiger partial charge in [0.25, 0.3) is 0 Å². The summed E-state index contributed by atoms with van der Waals surface area (Å²) in [5, 5.41) is 2.57. The lowest BCUT2D eigenvalue weighted by atomic mass is 10.1. The van der Waals surface area contributed by atoms with Gasteiger partial charge >= 0.3 is 0 Å². The first-order chi connectivity index (χ1) is 9.63. The Balaban J connectivity index is 1.99. The van der Waals surface area contributed by atoms with E-state index in [-0.39, 0.29) is 0 Å². The fourth-order valence-electron chi connectivity index (χ4n) is 2.34. The number of rotatable bonds is 3. The molecule has 3 rings (SSSR count). The standard InChI is InChI=1S/C15H17N3OS/c1-10(2)8-18-5-6-19-14-4-3-11(7-13(14)18)12-9-20-15(16)17-12/h3-4,7,9H,1,5-6,8H2,2H3,(H2,16,17). The van der Waals surface area contributed by atoms with Crippen LogP contribution in [0.5, 0.6) is 5.75 Å². The molecule has 0 fully saturated rings. The van der Waals surface area contributed by atoms with Gasteiger partial charge < -0.3 is 15.4 Å². The molecule has 104 valence electrons. The van der Waals surface area contributed by atoms with Crippen molar-refractivity contribution in [2.24, 2.45) is 0 Å². The van der Waals surface area contributed by atoms with E-state index in [0.29, 0.717) is 11.7 Å². The molecular formula is C15H17N3OS. The molecule has 20 heavy (non-hydrogen) atoms. The van der Waals surface area contributed by atoms with Gasteiger partial charge in [0.15, 0.2) is 5.13 Å².